The van der Waals surface area contributed by atoms with E-state index in [2.05, 4.69) is 0 Å². The van der Waals surface area contributed by atoms with Gasteiger partial charge in [0, 0.05) is 17.2 Å². The van der Waals surface area contributed by atoms with Gasteiger partial charge in [0.05, 0.1) is 19.0 Å². The van der Waals surface area contributed by atoms with E-state index in [0.29, 0.717) is 0 Å². The van der Waals surface area contributed by atoms with Gasteiger partial charge in [-0.15, -0.1) is 11.6 Å². The molecule has 0 saturated carbocycles. The lowest BCUT2D eigenvalue weighted by Gasteiger charge is -2.46. The van der Waals surface area contributed by atoms with Crippen molar-refractivity contribution < 1.29 is 27.2 Å². The van der Waals surface area contributed by atoms with Crippen LogP contribution in [0.15, 0.2) is 60.7 Å². The molecule has 0 aliphatic heterocycles. The van der Waals surface area contributed by atoms with Crippen LogP contribution in [-0.4, -0.2) is 43.3 Å². The Labute approximate surface area is 195 Å². The van der Waals surface area contributed by atoms with E-state index < -0.39 is 33.0 Å². The highest BCUT2D eigenvalue weighted by Gasteiger charge is 2.57. The van der Waals surface area contributed by atoms with Crippen LogP contribution in [0.3, 0.4) is 0 Å². The molecule has 1 N–H and O–H groups in total. The molecule has 0 saturated heterocycles. The highest BCUT2D eigenvalue weighted by Crippen LogP contribution is 2.46. The number of hydrogen-bond acceptors (Lipinski definition) is 5. The number of halogens is 1. The number of benzene rings is 2. The number of rotatable bonds is 13. The summed E-state index contributed by atoms with van der Waals surface area (Å²) in [5.41, 5.74) is -1.41. The van der Waals surface area contributed by atoms with Crippen molar-refractivity contribution >= 4 is 27.7 Å². The van der Waals surface area contributed by atoms with Crippen LogP contribution in [0.25, 0.3) is 0 Å². The van der Waals surface area contributed by atoms with Crippen molar-refractivity contribution in [1.82, 2.24) is 0 Å². The first kappa shape index (κ1) is 26.3. The largest absolute Gasteiger partial charge is 0.479 e. The SMILES string of the molecule is C[C@H](c1ccccc1)[C@](OCc1ccccc1)(C(=O)O)C(C)(C)COS(=O)(=O)CCCCl. The molecule has 0 bridgehead atoms. The zero-order chi connectivity index (χ0) is 23.8. The van der Waals surface area contributed by atoms with Gasteiger partial charge in [0.15, 0.2) is 5.60 Å². The van der Waals surface area contributed by atoms with E-state index in [-0.39, 0.29) is 31.3 Å². The van der Waals surface area contributed by atoms with Crippen LogP contribution in [0.4, 0.5) is 0 Å². The van der Waals surface area contributed by atoms with Gasteiger partial charge < -0.3 is 9.84 Å². The first-order valence-corrected chi connectivity index (χ1v) is 12.6. The number of hydrogen-bond donors (Lipinski definition) is 1. The standard InChI is InChI=1S/C24H31ClO6S/c1-19(21-13-8-5-9-14-21)24(22(26)27,30-17-20-11-6-4-7-12-20)23(2,3)18-31-32(28,29)16-10-15-25/h4-9,11-14,19H,10,15-18H2,1-3H3,(H,26,27)/t19-,24+/m1/s1. The molecule has 0 aromatic heterocycles. The predicted octanol–water partition coefficient (Wildman–Crippen LogP) is 4.83. The second kappa shape index (κ2) is 11.3. The molecule has 2 aromatic rings. The highest BCUT2D eigenvalue weighted by atomic mass is 35.5. The number of carbonyl (C=O) groups is 1. The van der Waals surface area contributed by atoms with Gasteiger partial charge >= 0.3 is 5.97 Å². The minimum atomic E-state index is -3.85. The minimum absolute atomic E-state index is 0.0484. The Hall–Kier alpha value is -1.93. The van der Waals surface area contributed by atoms with Crippen molar-refractivity contribution in [2.45, 2.75) is 45.3 Å². The number of alkyl halides is 1. The molecule has 8 heteroatoms. The predicted molar refractivity (Wildman–Crippen MR) is 125 cm³/mol. The van der Waals surface area contributed by atoms with Gasteiger partial charge in [0.2, 0.25) is 0 Å². The van der Waals surface area contributed by atoms with E-state index in [1.807, 2.05) is 60.7 Å². The van der Waals surface area contributed by atoms with Crippen LogP contribution in [0.1, 0.15) is 44.2 Å². The third kappa shape index (κ3) is 6.32. The number of aliphatic carboxylic acids is 1. The lowest BCUT2D eigenvalue weighted by molar-refractivity contribution is -0.198. The molecule has 0 amide bonds. The first-order chi connectivity index (χ1) is 15.1. The van der Waals surface area contributed by atoms with Crippen molar-refractivity contribution in [2.75, 3.05) is 18.2 Å². The summed E-state index contributed by atoms with van der Waals surface area (Å²) in [5, 5.41) is 10.5. The van der Waals surface area contributed by atoms with E-state index in [1.165, 1.54) is 0 Å². The Balaban J connectivity index is 2.45. The maximum Gasteiger partial charge on any atom is 0.337 e. The van der Waals surface area contributed by atoms with Crippen molar-refractivity contribution in [2.24, 2.45) is 5.41 Å². The summed E-state index contributed by atoms with van der Waals surface area (Å²) >= 11 is 5.60. The Kier molecular flexibility index (Phi) is 9.28. The van der Waals surface area contributed by atoms with Crippen LogP contribution < -0.4 is 0 Å². The summed E-state index contributed by atoms with van der Waals surface area (Å²) in [6.07, 6.45) is 0.249. The lowest BCUT2D eigenvalue weighted by Crippen LogP contribution is -2.59. The van der Waals surface area contributed by atoms with E-state index in [9.17, 15) is 18.3 Å². The summed E-state index contributed by atoms with van der Waals surface area (Å²) in [6.45, 7) is 4.78. The molecular formula is C24H31ClO6S. The zero-order valence-electron chi connectivity index (χ0n) is 18.7. The van der Waals surface area contributed by atoms with Gasteiger partial charge in [-0.25, -0.2) is 4.79 Å². The normalized spacial score (nSPS) is 15.1. The van der Waals surface area contributed by atoms with Gasteiger partial charge in [-0.05, 0) is 17.5 Å². The summed E-state index contributed by atoms with van der Waals surface area (Å²) in [6, 6.07) is 18.4. The van der Waals surface area contributed by atoms with Gasteiger partial charge in [0.25, 0.3) is 10.1 Å². The number of carboxylic acid groups (broad SMARTS) is 1. The maximum atomic E-state index is 12.9. The Morgan fingerprint density at radius 1 is 1.06 bits per heavy atom. The molecule has 2 aromatic carbocycles. The molecule has 2 rings (SSSR count). The molecule has 0 radical (unpaired) electrons. The van der Waals surface area contributed by atoms with E-state index in [1.54, 1.807) is 20.8 Å². The van der Waals surface area contributed by atoms with Crippen LogP contribution in [0, 0.1) is 5.41 Å². The Morgan fingerprint density at radius 2 is 1.62 bits per heavy atom. The smallest absolute Gasteiger partial charge is 0.337 e. The molecule has 32 heavy (non-hydrogen) atoms. The van der Waals surface area contributed by atoms with Gasteiger partial charge in [-0.1, -0.05) is 81.4 Å². The van der Waals surface area contributed by atoms with Crippen molar-refractivity contribution in [3.63, 3.8) is 0 Å². The summed E-state index contributed by atoms with van der Waals surface area (Å²) in [5.74, 6) is -1.83. The molecule has 2 atom stereocenters. The third-order valence-corrected chi connectivity index (χ3v) is 7.20. The molecule has 6 nitrogen and oxygen atoms in total. The molecular weight excluding hydrogens is 452 g/mol. The second-order valence-electron chi connectivity index (χ2n) is 8.40. The molecule has 0 spiro atoms. The Bertz CT molecular complexity index is 962. The lowest BCUT2D eigenvalue weighted by atomic mass is 9.66. The zero-order valence-corrected chi connectivity index (χ0v) is 20.2. The van der Waals surface area contributed by atoms with E-state index in [0.717, 1.165) is 11.1 Å². The molecule has 0 fully saturated rings. The van der Waals surface area contributed by atoms with Crippen LogP contribution in [0.2, 0.25) is 0 Å². The molecule has 0 heterocycles. The van der Waals surface area contributed by atoms with Gasteiger partial charge in [0.1, 0.15) is 0 Å². The first-order valence-electron chi connectivity index (χ1n) is 10.4. The van der Waals surface area contributed by atoms with Crippen LogP contribution in [-0.2, 0) is 30.4 Å². The fraction of sp³-hybridized carbons (Fsp3) is 0.458. The molecule has 0 aliphatic rings. The van der Waals surface area contributed by atoms with Crippen molar-refractivity contribution in [3.8, 4) is 0 Å². The summed E-state index contributed by atoms with van der Waals surface area (Å²) in [7, 11) is -3.85. The molecule has 0 unspecified atom stereocenters. The second-order valence-corrected chi connectivity index (χ2v) is 10.5. The van der Waals surface area contributed by atoms with Crippen molar-refractivity contribution in [3.05, 3.63) is 71.8 Å². The van der Waals surface area contributed by atoms with Crippen molar-refractivity contribution in [1.29, 1.82) is 0 Å². The topological polar surface area (TPSA) is 89.9 Å². The fourth-order valence-electron chi connectivity index (χ4n) is 3.83. The summed E-state index contributed by atoms with van der Waals surface area (Å²) < 4.78 is 36.0. The average molecular weight is 483 g/mol. The quantitative estimate of drug-likeness (QED) is 0.325. The van der Waals surface area contributed by atoms with Crippen LogP contribution >= 0.6 is 11.6 Å². The minimum Gasteiger partial charge on any atom is -0.479 e. The molecule has 176 valence electrons. The highest BCUT2D eigenvalue weighted by molar-refractivity contribution is 7.86. The number of carboxylic acids is 1. The van der Waals surface area contributed by atoms with E-state index in [4.69, 9.17) is 20.5 Å². The maximum absolute atomic E-state index is 12.9. The van der Waals surface area contributed by atoms with Gasteiger partial charge in [-0.2, -0.15) is 8.42 Å². The third-order valence-electron chi connectivity index (χ3n) is 5.67. The fourth-order valence-corrected chi connectivity index (χ4v) is 5.21. The monoisotopic (exact) mass is 482 g/mol. The van der Waals surface area contributed by atoms with Gasteiger partial charge in [-0.3, -0.25) is 4.18 Å². The van der Waals surface area contributed by atoms with Crippen LogP contribution in [0.5, 0.6) is 0 Å². The summed E-state index contributed by atoms with van der Waals surface area (Å²) in [4.78, 5) is 12.9. The number of ether oxygens (including phenoxy) is 1. The molecule has 0 aliphatic carbocycles. The average Bonchev–Trinajstić information content (AvgIpc) is 2.78. The Morgan fingerprint density at radius 3 is 2.16 bits per heavy atom. The van der Waals surface area contributed by atoms with E-state index >= 15 is 0 Å².